The van der Waals surface area contributed by atoms with E-state index in [1.165, 1.54) is 12.1 Å². The minimum Gasteiger partial charge on any atom is -0.320 e. The molecule has 5 heteroatoms. The van der Waals surface area contributed by atoms with Gasteiger partial charge in [-0.2, -0.15) is 11.8 Å². The fourth-order valence-electron chi connectivity index (χ4n) is 3.46. The highest BCUT2D eigenvalue weighted by atomic mass is 32.2. The Kier molecular flexibility index (Phi) is 4.22. The third-order valence-electron chi connectivity index (χ3n) is 4.57. The molecule has 114 valence electrons. The van der Waals surface area contributed by atoms with Crippen LogP contribution >= 0.6 is 11.8 Å². The van der Waals surface area contributed by atoms with E-state index in [0.717, 1.165) is 43.5 Å². The van der Waals surface area contributed by atoms with Crippen molar-refractivity contribution in [2.75, 3.05) is 18.6 Å². The summed E-state index contributed by atoms with van der Waals surface area (Å²) in [6.45, 7) is 0.733. The van der Waals surface area contributed by atoms with Gasteiger partial charge >= 0.3 is 0 Å². The number of thioether (sulfide) groups is 1. The third-order valence-corrected chi connectivity index (χ3v) is 5.16. The minimum absolute atomic E-state index is 0.122. The number of nitrogens with zero attached hydrogens (tertiary/aromatic N) is 1. The van der Waals surface area contributed by atoms with Crippen LogP contribution in [0.4, 0.5) is 4.39 Å². The molecule has 1 atom stereocenters. The number of hydrogen-bond donors (Lipinski definition) is 1. The lowest BCUT2D eigenvalue weighted by atomic mass is 9.98. The predicted octanol–water partition coefficient (Wildman–Crippen LogP) is 2.93. The molecule has 1 aliphatic carbocycles. The van der Waals surface area contributed by atoms with Gasteiger partial charge in [-0.1, -0.05) is 25.0 Å². The predicted molar refractivity (Wildman–Crippen MR) is 83.6 cm³/mol. The largest absolute Gasteiger partial charge is 0.320 e. The van der Waals surface area contributed by atoms with Gasteiger partial charge in [0.15, 0.2) is 0 Å². The maximum Gasteiger partial charge on any atom is 0.244 e. The van der Waals surface area contributed by atoms with Crippen molar-refractivity contribution in [2.24, 2.45) is 0 Å². The molecule has 1 aromatic rings. The quantitative estimate of drug-likeness (QED) is 0.928. The molecule has 2 aliphatic rings. The van der Waals surface area contributed by atoms with Gasteiger partial charge in [0.05, 0.1) is 5.54 Å². The summed E-state index contributed by atoms with van der Waals surface area (Å²) >= 11 is 1.74. The van der Waals surface area contributed by atoms with E-state index in [2.05, 4.69) is 5.32 Å². The first kappa shape index (κ1) is 14.9. The maximum atomic E-state index is 13.1. The van der Waals surface area contributed by atoms with Crippen molar-refractivity contribution in [1.82, 2.24) is 10.2 Å². The van der Waals surface area contributed by atoms with Gasteiger partial charge in [-0.25, -0.2) is 4.39 Å². The smallest absolute Gasteiger partial charge is 0.244 e. The van der Waals surface area contributed by atoms with Gasteiger partial charge in [0.25, 0.3) is 0 Å². The van der Waals surface area contributed by atoms with Gasteiger partial charge in [0.2, 0.25) is 5.91 Å². The number of nitrogens with one attached hydrogen (secondary N) is 1. The molecule has 0 bridgehead atoms. The molecule has 0 aromatic heterocycles. The maximum absolute atomic E-state index is 13.1. The van der Waals surface area contributed by atoms with E-state index in [0.29, 0.717) is 0 Å². The lowest BCUT2D eigenvalue weighted by molar-refractivity contribution is -0.133. The Morgan fingerprint density at radius 3 is 2.62 bits per heavy atom. The molecule has 1 saturated carbocycles. The van der Waals surface area contributed by atoms with E-state index in [1.54, 1.807) is 23.9 Å². The molecule has 0 radical (unpaired) electrons. The van der Waals surface area contributed by atoms with Crippen molar-refractivity contribution >= 4 is 17.7 Å². The molecule has 21 heavy (non-hydrogen) atoms. The van der Waals surface area contributed by atoms with Crippen LogP contribution in [0.15, 0.2) is 24.3 Å². The number of rotatable bonds is 4. The zero-order valence-electron chi connectivity index (χ0n) is 12.3. The van der Waals surface area contributed by atoms with Crippen molar-refractivity contribution in [1.29, 1.82) is 0 Å². The zero-order chi connectivity index (χ0) is 14.9. The van der Waals surface area contributed by atoms with Gasteiger partial charge in [-0.05, 0) is 36.8 Å². The van der Waals surface area contributed by atoms with E-state index in [4.69, 9.17) is 0 Å². The van der Waals surface area contributed by atoms with Crippen molar-refractivity contribution in [3.05, 3.63) is 35.6 Å². The van der Waals surface area contributed by atoms with Gasteiger partial charge in [-0.15, -0.1) is 0 Å². The number of amides is 1. The summed E-state index contributed by atoms with van der Waals surface area (Å²) in [7, 11) is 0. The van der Waals surface area contributed by atoms with Crippen LogP contribution in [0, 0.1) is 5.82 Å². The summed E-state index contributed by atoms with van der Waals surface area (Å²) in [5, 5.41) is 3.56. The highest BCUT2D eigenvalue weighted by Gasteiger charge is 2.52. The second-order valence-corrected chi connectivity index (χ2v) is 6.86. The van der Waals surface area contributed by atoms with Crippen LogP contribution < -0.4 is 5.32 Å². The second-order valence-electron chi connectivity index (χ2n) is 5.88. The van der Waals surface area contributed by atoms with E-state index in [1.807, 2.05) is 11.2 Å². The van der Waals surface area contributed by atoms with E-state index >= 15 is 0 Å². The lowest BCUT2D eigenvalue weighted by Crippen LogP contribution is -2.44. The summed E-state index contributed by atoms with van der Waals surface area (Å²) in [5.74, 6) is 0.902. The number of hydrogen-bond acceptors (Lipinski definition) is 3. The highest BCUT2D eigenvalue weighted by Crippen LogP contribution is 2.40. The number of benzene rings is 1. The molecular formula is C16H21FN2OS. The Hall–Kier alpha value is -1.07. The van der Waals surface area contributed by atoms with E-state index < -0.39 is 0 Å². The van der Waals surface area contributed by atoms with Crippen LogP contribution in [0.3, 0.4) is 0 Å². The first-order valence-electron chi connectivity index (χ1n) is 7.49. The Morgan fingerprint density at radius 1 is 1.33 bits per heavy atom. The van der Waals surface area contributed by atoms with E-state index in [9.17, 15) is 9.18 Å². The minimum atomic E-state index is -0.378. The van der Waals surface area contributed by atoms with Gasteiger partial charge < -0.3 is 4.90 Å². The average molecular weight is 308 g/mol. The molecule has 1 unspecified atom stereocenters. The molecule has 1 aliphatic heterocycles. The summed E-state index contributed by atoms with van der Waals surface area (Å²) in [6.07, 6.45) is 5.96. The molecule has 1 aromatic carbocycles. The number of carbonyl (C=O) groups is 1. The van der Waals surface area contributed by atoms with Gasteiger partial charge in [-0.3, -0.25) is 10.1 Å². The summed E-state index contributed by atoms with van der Waals surface area (Å²) in [4.78, 5) is 14.8. The fraction of sp³-hybridized carbons (Fsp3) is 0.562. The van der Waals surface area contributed by atoms with Gasteiger partial charge in [0, 0.05) is 12.3 Å². The van der Waals surface area contributed by atoms with Gasteiger partial charge in [0.1, 0.15) is 12.0 Å². The monoisotopic (exact) mass is 308 g/mol. The third kappa shape index (κ3) is 2.69. The molecule has 1 amide bonds. The SMILES string of the molecule is CSCCN1C(=O)C2(CCCC2)NC1c1ccc(F)cc1. The number of halogens is 1. The molecule has 2 fully saturated rings. The van der Waals surface area contributed by atoms with Crippen LogP contribution in [-0.2, 0) is 4.79 Å². The molecule has 1 heterocycles. The number of carbonyl (C=O) groups excluding carboxylic acids is 1. The molecule has 1 N–H and O–H groups in total. The second kappa shape index (κ2) is 5.97. The fourth-order valence-corrected chi connectivity index (χ4v) is 3.84. The summed E-state index contributed by atoms with van der Waals surface area (Å²) in [6, 6.07) is 6.49. The average Bonchev–Trinajstić information content (AvgIpc) is 3.06. The molecule has 1 spiro atoms. The zero-order valence-corrected chi connectivity index (χ0v) is 13.1. The molecular weight excluding hydrogens is 287 g/mol. The molecule has 3 nitrogen and oxygen atoms in total. The Morgan fingerprint density at radius 2 is 2.00 bits per heavy atom. The Labute approximate surface area is 129 Å². The van der Waals surface area contributed by atoms with Crippen molar-refractivity contribution in [3.63, 3.8) is 0 Å². The highest BCUT2D eigenvalue weighted by molar-refractivity contribution is 7.98. The molecule has 1 saturated heterocycles. The normalized spacial score (nSPS) is 24.2. The van der Waals surface area contributed by atoms with E-state index in [-0.39, 0.29) is 23.4 Å². The van der Waals surface area contributed by atoms with Crippen molar-refractivity contribution < 1.29 is 9.18 Å². The van der Waals surface area contributed by atoms with Crippen LogP contribution in [-0.4, -0.2) is 34.9 Å². The molecule has 3 rings (SSSR count). The first-order valence-corrected chi connectivity index (χ1v) is 8.89. The van der Waals surface area contributed by atoms with Crippen LogP contribution in [0.2, 0.25) is 0 Å². The van der Waals surface area contributed by atoms with Crippen LogP contribution in [0.5, 0.6) is 0 Å². The standard InChI is InChI=1S/C16H21FN2OS/c1-21-11-10-19-14(12-4-6-13(17)7-5-12)18-16(15(19)20)8-2-3-9-16/h4-7,14,18H,2-3,8-11H2,1H3. The Balaban J connectivity index is 1.88. The van der Waals surface area contributed by atoms with Crippen molar-refractivity contribution in [2.45, 2.75) is 37.4 Å². The van der Waals surface area contributed by atoms with Crippen LogP contribution in [0.1, 0.15) is 37.4 Å². The summed E-state index contributed by atoms with van der Waals surface area (Å²) in [5.41, 5.74) is 0.590. The van der Waals surface area contributed by atoms with Crippen LogP contribution in [0.25, 0.3) is 0 Å². The van der Waals surface area contributed by atoms with Crippen molar-refractivity contribution in [3.8, 4) is 0 Å². The topological polar surface area (TPSA) is 32.3 Å². The first-order chi connectivity index (χ1) is 10.2. The summed E-state index contributed by atoms with van der Waals surface area (Å²) < 4.78 is 13.1. The lowest BCUT2D eigenvalue weighted by Gasteiger charge is -2.24. The Bertz CT molecular complexity index is 514.